The lowest BCUT2D eigenvalue weighted by Crippen LogP contribution is -2.38. The summed E-state index contributed by atoms with van der Waals surface area (Å²) < 4.78 is 41.2. The van der Waals surface area contributed by atoms with Crippen LogP contribution in [0.5, 0.6) is 0 Å². The summed E-state index contributed by atoms with van der Waals surface area (Å²) in [5, 5.41) is 0. The standard InChI is InChI=1S/C16H20O5S/c1-16(6-12-8-19-12,7-13-9-20-13)22(17,18)14-4-2-11(3-5-14)15-10-21-15/h2-5,12-13,15H,6-10H2,1H3. The van der Waals surface area contributed by atoms with Gasteiger partial charge < -0.3 is 14.2 Å². The van der Waals surface area contributed by atoms with E-state index in [-0.39, 0.29) is 18.3 Å². The van der Waals surface area contributed by atoms with Crippen molar-refractivity contribution >= 4 is 9.84 Å². The molecule has 22 heavy (non-hydrogen) atoms. The molecule has 0 amide bonds. The van der Waals surface area contributed by atoms with Gasteiger partial charge in [0.05, 0.1) is 41.7 Å². The van der Waals surface area contributed by atoms with Gasteiger partial charge in [-0.05, 0) is 37.5 Å². The van der Waals surface area contributed by atoms with Crippen molar-refractivity contribution in [2.45, 2.75) is 47.7 Å². The van der Waals surface area contributed by atoms with E-state index in [4.69, 9.17) is 14.2 Å². The van der Waals surface area contributed by atoms with Crippen LogP contribution in [-0.2, 0) is 24.0 Å². The van der Waals surface area contributed by atoms with Crippen LogP contribution < -0.4 is 0 Å². The van der Waals surface area contributed by atoms with Gasteiger partial charge in [0.15, 0.2) is 9.84 Å². The summed E-state index contributed by atoms with van der Waals surface area (Å²) in [6.45, 7) is 3.87. The van der Waals surface area contributed by atoms with Crippen LogP contribution in [0.25, 0.3) is 0 Å². The molecule has 0 aliphatic carbocycles. The zero-order chi connectivity index (χ0) is 15.4. The summed E-state index contributed by atoms with van der Waals surface area (Å²) in [4.78, 5) is 0.376. The lowest BCUT2D eigenvalue weighted by molar-refractivity contribution is 0.328. The second-order valence-corrected chi connectivity index (χ2v) is 9.13. The summed E-state index contributed by atoms with van der Waals surface area (Å²) >= 11 is 0. The van der Waals surface area contributed by atoms with Gasteiger partial charge in [0.1, 0.15) is 6.10 Å². The minimum absolute atomic E-state index is 0.0673. The molecule has 3 aliphatic heterocycles. The van der Waals surface area contributed by atoms with E-state index in [0.717, 1.165) is 12.2 Å². The van der Waals surface area contributed by atoms with E-state index in [0.29, 0.717) is 31.0 Å². The Morgan fingerprint density at radius 1 is 1.00 bits per heavy atom. The highest BCUT2D eigenvalue weighted by Gasteiger charge is 2.48. The number of benzene rings is 1. The minimum Gasteiger partial charge on any atom is -0.373 e. The first-order chi connectivity index (χ1) is 10.5. The predicted molar refractivity (Wildman–Crippen MR) is 79.4 cm³/mol. The van der Waals surface area contributed by atoms with Crippen molar-refractivity contribution < 1.29 is 22.6 Å². The fourth-order valence-corrected chi connectivity index (χ4v) is 4.90. The number of ether oxygens (including phenoxy) is 3. The molecule has 1 aromatic carbocycles. The molecule has 0 bridgehead atoms. The maximum atomic E-state index is 13.1. The fourth-order valence-electron chi connectivity index (χ4n) is 3.02. The van der Waals surface area contributed by atoms with E-state index in [1.165, 1.54) is 0 Å². The molecule has 0 radical (unpaired) electrons. The van der Waals surface area contributed by atoms with Crippen LogP contribution in [0.3, 0.4) is 0 Å². The molecule has 4 rings (SSSR count). The van der Waals surface area contributed by atoms with Crippen LogP contribution in [0.4, 0.5) is 0 Å². The van der Waals surface area contributed by atoms with Gasteiger partial charge in [-0.3, -0.25) is 0 Å². The van der Waals surface area contributed by atoms with E-state index < -0.39 is 14.6 Å². The third kappa shape index (κ3) is 2.80. The minimum atomic E-state index is -3.43. The smallest absolute Gasteiger partial charge is 0.183 e. The molecule has 3 saturated heterocycles. The molecular weight excluding hydrogens is 304 g/mol. The van der Waals surface area contributed by atoms with Crippen LogP contribution in [0.2, 0.25) is 0 Å². The Morgan fingerprint density at radius 2 is 1.50 bits per heavy atom. The molecule has 120 valence electrons. The van der Waals surface area contributed by atoms with Crippen LogP contribution in [0.15, 0.2) is 29.2 Å². The normalized spacial score (nSPS) is 32.3. The predicted octanol–water partition coefficient (Wildman–Crippen LogP) is 1.87. The zero-order valence-electron chi connectivity index (χ0n) is 12.5. The average Bonchev–Trinajstić information content (AvgIpc) is 3.34. The van der Waals surface area contributed by atoms with E-state index in [2.05, 4.69) is 0 Å². The van der Waals surface area contributed by atoms with Crippen LogP contribution in [0.1, 0.15) is 31.4 Å². The Balaban J connectivity index is 1.62. The van der Waals surface area contributed by atoms with Gasteiger partial charge in [0.2, 0.25) is 0 Å². The van der Waals surface area contributed by atoms with Crippen molar-refractivity contribution in [1.29, 1.82) is 0 Å². The van der Waals surface area contributed by atoms with E-state index in [1.54, 1.807) is 12.1 Å². The molecule has 0 aromatic heterocycles. The Bertz CT molecular complexity index is 640. The SMILES string of the molecule is CC(CC1CO1)(CC1CO1)S(=O)(=O)c1ccc(C2CO2)cc1. The molecule has 3 heterocycles. The Hall–Kier alpha value is -0.950. The average molecular weight is 324 g/mol. The molecule has 3 fully saturated rings. The highest BCUT2D eigenvalue weighted by Crippen LogP contribution is 2.40. The Kier molecular flexibility index (Phi) is 3.34. The number of sulfone groups is 1. The van der Waals surface area contributed by atoms with Crippen LogP contribution in [-0.4, -0.2) is 45.2 Å². The quantitative estimate of drug-likeness (QED) is 0.716. The van der Waals surface area contributed by atoms with Crippen molar-refractivity contribution in [2.75, 3.05) is 19.8 Å². The van der Waals surface area contributed by atoms with Crippen molar-refractivity contribution in [1.82, 2.24) is 0 Å². The number of hydrogen-bond donors (Lipinski definition) is 0. The molecule has 3 aliphatic rings. The van der Waals surface area contributed by atoms with Gasteiger partial charge in [0, 0.05) is 0 Å². The monoisotopic (exact) mass is 324 g/mol. The fraction of sp³-hybridized carbons (Fsp3) is 0.625. The first-order valence-electron chi connectivity index (χ1n) is 7.67. The second-order valence-electron chi connectivity index (χ2n) is 6.66. The molecule has 6 heteroatoms. The highest BCUT2D eigenvalue weighted by atomic mass is 32.2. The first kappa shape index (κ1) is 14.6. The number of epoxide rings is 3. The maximum absolute atomic E-state index is 13.1. The molecule has 3 atom stereocenters. The van der Waals surface area contributed by atoms with Gasteiger partial charge in [0.25, 0.3) is 0 Å². The lowest BCUT2D eigenvalue weighted by atomic mass is 9.99. The van der Waals surface area contributed by atoms with Crippen LogP contribution >= 0.6 is 0 Å². The van der Waals surface area contributed by atoms with Crippen molar-refractivity contribution in [3.63, 3.8) is 0 Å². The van der Waals surface area contributed by atoms with Gasteiger partial charge in [-0.1, -0.05) is 12.1 Å². The molecule has 5 nitrogen and oxygen atoms in total. The molecule has 3 unspecified atom stereocenters. The van der Waals surface area contributed by atoms with Gasteiger partial charge in [-0.15, -0.1) is 0 Å². The van der Waals surface area contributed by atoms with Gasteiger partial charge in [-0.25, -0.2) is 8.42 Å². The maximum Gasteiger partial charge on any atom is 0.183 e. The van der Waals surface area contributed by atoms with E-state index in [1.807, 2.05) is 19.1 Å². The summed E-state index contributed by atoms with van der Waals surface area (Å²) in [5.41, 5.74) is 1.04. The van der Waals surface area contributed by atoms with Crippen molar-refractivity contribution in [3.8, 4) is 0 Å². The highest BCUT2D eigenvalue weighted by molar-refractivity contribution is 7.92. The summed E-state index contributed by atoms with van der Waals surface area (Å²) in [6, 6.07) is 7.11. The van der Waals surface area contributed by atoms with Crippen molar-refractivity contribution in [2.24, 2.45) is 0 Å². The van der Waals surface area contributed by atoms with E-state index >= 15 is 0 Å². The summed E-state index contributed by atoms with van der Waals surface area (Å²) in [6.07, 6.45) is 1.34. The molecular formula is C16H20O5S. The Labute approximate surface area is 130 Å². The molecule has 1 aromatic rings. The van der Waals surface area contributed by atoms with Gasteiger partial charge >= 0.3 is 0 Å². The Morgan fingerprint density at radius 3 is 1.91 bits per heavy atom. The first-order valence-corrected chi connectivity index (χ1v) is 9.16. The van der Waals surface area contributed by atoms with Gasteiger partial charge in [-0.2, -0.15) is 0 Å². The van der Waals surface area contributed by atoms with E-state index in [9.17, 15) is 8.42 Å². The summed E-state index contributed by atoms with van der Waals surface area (Å²) in [5.74, 6) is 0. The van der Waals surface area contributed by atoms with Crippen molar-refractivity contribution in [3.05, 3.63) is 29.8 Å². The molecule has 0 N–H and O–H groups in total. The largest absolute Gasteiger partial charge is 0.373 e. The number of rotatable bonds is 7. The number of hydrogen-bond acceptors (Lipinski definition) is 5. The topological polar surface area (TPSA) is 71.7 Å². The second kappa shape index (κ2) is 5.03. The van der Waals surface area contributed by atoms with Crippen LogP contribution in [0, 0.1) is 0 Å². The third-order valence-corrected chi connectivity index (χ3v) is 7.19. The summed E-state index contributed by atoms with van der Waals surface area (Å²) in [7, 11) is -3.43. The zero-order valence-corrected chi connectivity index (χ0v) is 13.3. The molecule has 0 saturated carbocycles. The third-order valence-electron chi connectivity index (χ3n) is 4.67. The molecule has 0 spiro atoms. The lowest BCUT2D eigenvalue weighted by Gasteiger charge is -2.28.